The zero-order valence-electron chi connectivity index (χ0n) is 14.2. The van der Waals surface area contributed by atoms with E-state index in [2.05, 4.69) is 61.8 Å². The summed E-state index contributed by atoms with van der Waals surface area (Å²) in [7, 11) is 0. The van der Waals surface area contributed by atoms with Gasteiger partial charge in [-0.25, -0.2) is 0 Å². The number of benzene rings is 3. The Morgan fingerprint density at radius 2 is 1.68 bits per heavy atom. The van der Waals surface area contributed by atoms with Gasteiger partial charge in [-0.3, -0.25) is 0 Å². The highest BCUT2D eigenvalue weighted by Gasteiger charge is 2.07. The van der Waals surface area contributed by atoms with Gasteiger partial charge in [0.05, 0.1) is 0 Å². The molecule has 124 valence electrons. The summed E-state index contributed by atoms with van der Waals surface area (Å²) in [5.74, 6) is 0. The summed E-state index contributed by atoms with van der Waals surface area (Å²) in [6, 6.07) is 22.3. The van der Waals surface area contributed by atoms with Crippen LogP contribution in [0, 0.1) is 6.92 Å². The van der Waals surface area contributed by atoms with E-state index < -0.39 is 0 Å². The van der Waals surface area contributed by atoms with Crippen LogP contribution in [0.4, 0.5) is 11.4 Å². The molecule has 1 N–H and O–H groups in total. The van der Waals surface area contributed by atoms with Crippen LogP contribution in [0.25, 0.3) is 11.6 Å². The Balaban J connectivity index is 1.90. The molecule has 3 rings (SSSR count). The molecule has 0 atom stereocenters. The Kier molecular flexibility index (Phi) is 5.06. The monoisotopic (exact) mass is 345 g/mol. The van der Waals surface area contributed by atoms with Gasteiger partial charge >= 0.3 is 0 Å². The first kappa shape index (κ1) is 17.1. The van der Waals surface area contributed by atoms with Crippen LogP contribution < -0.4 is 5.32 Å². The van der Waals surface area contributed by atoms with Gasteiger partial charge in [-0.1, -0.05) is 72.8 Å². The fourth-order valence-electron chi connectivity index (χ4n) is 2.68. The van der Waals surface area contributed by atoms with Gasteiger partial charge in [0.15, 0.2) is 0 Å². The molecule has 0 saturated heterocycles. The second-order valence-corrected chi connectivity index (χ2v) is 6.42. The van der Waals surface area contributed by atoms with Crippen molar-refractivity contribution in [2.75, 3.05) is 5.32 Å². The highest BCUT2D eigenvalue weighted by Crippen LogP contribution is 2.29. The van der Waals surface area contributed by atoms with Crippen molar-refractivity contribution in [1.29, 1.82) is 0 Å². The summed E-state index contributed by atoms with van der Waals surface area (Å²) >= 11 is 6.06. The van der Waals surface area contributed by atoms with Gasteiger partial charge in [0, 0.05) is 16.4 Å². The minimum atomic E-state index is 0.703. The highest BCUT2D eigenvalue weighted by molar-refractivity contribution is 6.30. The van der Waals surface area contributed by atoms with E-state index in [-0.39, 0.29) is 0 Å². The van der Waals surface area contributed by atoms with Crippen LogP contribution in [0.1, 0.15) is 22.3 Å². The van der Waals surface area contributed by atoms with Crippen molar-refractivity contribution in [1.82, 2.24) is 0 Å². The van der Waals surface area contributed by atoms with Crippen molar-refractivity contribution in [2.45, 2.75) is 6.92 Å². The first-order chi connectivity index (χ1) is 12.1. The summed E-state index contributed by atoms with van der Waals surface area (Å²) in [6.07, 6.45) is 1.85. The van der Waals surface area contributed by atoms with E-state index in [1.165, 1.54) is 5.56 Å². The Hall–Kier alpha value is -2.77. The Morgan fingerprint density at radius 3 is 2.36 bits per heavy atom. The normalized spacial score (nSPS) is 10.3. The number of aryl methyl sites for hydroxylation is 1. The second kappa shape index (κ2) is 7.42. The van der Waals surface area contributed by atoms with Gasteiger partial charge in [0.25, 0.3) is 0 Å². The predicted molar refractivity (Wildman–Crippen MR) is 111 cm³/mol. The van der Waals surface area contributed by atoms with E-state index in [4.69, 9.17) is 11.6 Å². The molecule has 0 aliphatic rings. The van der Waals surface area contributed by atoms with Crippen molar-refractivity contribution < 1.29 is 0 Å². The number of rotatable bonds is 5. The fraction of sp³-hybridized carbons (Fsp3) is 0.0435. The molecule has 3 aromatic carbocycles. The largest absolute Gasteiger partial charge is 0.355 e. The van der Waals surface area contributed by atoms with Gasteiger partial charge in [-0.05, 0) is 59.5 Å². The van der Waals surface area contributed by atoms with Gasteiger partial charge < -0.3 is 5.32 Å². The first-order valence-corrected chi connectivity index (χ1v) is 8.50. The van der Waals surface area contributed by atoms with E-state index in [1.807, 2.05) is 36.4 Å². The quantitative estimate of drug-likeness (QED) is 0.520. The third kappa shape index (κ3) is 4.01. The molecule has 0 aliphatic heterocycles. The van der Waals surface area contributed by atoms with Gasteiger partial charge in [0.1, 0.15) is 0 Å². The van der Waals surface area contributed by atoms with Crippen molar-refractivity contribution in [3.63, 3.8) is 0 Å². The molecule has 1 nitrogen and oxygen atoms in total. The average Bonchev–Trinajstić information content (AvgIpc) is 2.62. The maximum Gasteiger partial charge on any atom is 0.0458 e. The first-order valence-electron chi connectivity index (χ1n) is 8.12. The zero-order chi connectivity index (χ0) is 17.8. The molecule has 0 spiro atoms. The summed E-state index contributed by atoms with van der Waals surface area (Å²) in [6.45, 7) is 10.3. The lowest BCUT2D eigenvalue weighted by Gasteiger charge is -2.13. The number of halogens is 1. The molecule has 25 heavy (non-hydrogen) atoms. The summed E-state index contributed by atoms with van der Waals surface area (Å²) in [5, 5.41) is 4.10. The SMILES string of the molecule is C=Cc1cc(C(=C)c2ccc(C)cc2)ccc1Nc1cccc(Cl)c1. The van der Waals surface area contributed by atoms with E-state index in [1.54, 1.807) is 0 Å². The summed E-state index contributed by atoms with van der Waals surface area (Å²) < 4.78 is 0. The van der Waals surface area contributed by atoms with Crippen LogP contribution in [-0.4, -0.2) is 0 Å². The van der Waals surface area contributed by atoms with E-state index in [0.717, 1.165) is 33.6 Å². The standard InChI is InChI=1S/C23H20ClN/c1-4-18-14-20(17(3)19-10-8-16(2)9-11-19)12-13-23(18)25-22-7-5-6-21(24)15-22/h4-15,25H,1,3H2,2H3. The minimum absolute atomic E-state index is 0.703. The molecule has 0 amide bonds. The van der Waals surface area contributed by atoms with Crippen LogP contribution in [0.5, 0.6) is 0 Å². The van der Waals surface area contributed by atoms with Gasteiger partial charge in [0.2, 0.25) is 0 Å². The Morgan fingerprint density at radius 1 is 0.960 bits per heavy atom. The summed E-state index contributed by atoms with van der Waals surface area (Å²) in [4.78, 5) is 0. The average molecular weight is 346 g/mol. The Labute approximate surface area is 154 Å². The number of nitrogens with one attached hydrogen (secondary N) is 1. The molecule has 0 aromatic heterocycles. The van der Waals surface area contributed by atoms with Crippen LogP contribution in [-0.2, 0) is 0 Å². The molecule has 0 heterocycles. The molecule has 0 radical (unpaired) electrons. The van der Waals surface area contributed by atoms with Gasteiger partial charge in [-0.15, -0.1) is 0 Å². The van der Waals surface area contributed by atoms with E-state index in [9.17, 15) is 0 Å². The fourth-order valence-corrected chi connectivity index (χ4v) is 2.87. The third-order valence-electron chi connectivity index (χ3n) is 4.12. The van der Waals surface area contributed by atoms with Crippen LogP contribution in [0.2, 0.25) is 5.02 Å². The molecule has 0 aliphatic carbocycles. The lowest BCUT2D eigenvalue weighted by Crippen LogP contribution is -1.95. The zero-order valence-corrected chi connectivity index (χ0v) is 15.0. The van der Waals surface area contributed by atoms with Crippen LogP contribution in [0.15, 0.2) is 79.9 Å². The van der Waals surface area contributed by atoms with E-state index >= 15 is 0 Å². The topological polar surface area (TPSA) is 12.0 Å². The van der Waals surface area contributed by atoms with Crippen LogP contribution >= 0.6 is 11.6 Å². The molecule has 0 bridgehead atoms. The molecule has 0 fully saturated rings. The molecular formula is C23H20ClN. The lowest BCUT2D eigenvalue weighted by molar-refractivity contribution is 1.44. The lowest BCUT2D eigenvalue weighted by atomic mass is 9.96. The molecule has 0 unspecified atom stereocenters. The second-order valence-electron chi connectivity index (χ2n) is 5.99. The van der Waals surface area contributed by atoms with Crippen molar-refractivity contribution in [3.05, 3.63) is 107 Å². The summed E-state index contributed by atoms with van der Waals surface area (Å²) in [5.41, 5.74) is 7.39. The maximum absolute atomic E-state index is 6.06. The van der Waals surface area contributed by atoms with Crippen molar-refractivity contribution >= 4 is 34.6 Å². The Bertz CT molecular complexity index is 923. The molecule has 3 aromatic rings. The highest BCUT2D eigenvalue weighted by atomic mass is 35.5. The molecule has 0 saturated carbocycles. The minimum Gasteiger partial charge on any atom is -0.355 e. The number of hydrogen-bond donors (Lipinski definition) is 1. The molecule has 2 heteroatoms. The smallest absolute Gasteiger partial charge is 0.0458 e. The van der Waals surface area contributed by atoms with E-state index in [0.29, 0.717) is 5.02 Å². The van der Waals surface area contributed by atoms with Crippen molar-refractivity contribution in [3.8, 4) is 0 Å². The maximum atomic E-state index is 6.06. The predicted octanol–water partition coefficient (Wildman–Crippen LogP) is 7.10. The van der Waals surface area contributed by atoms with Crippen LogP contribution in [0.3, 0.4) is 0 Å². The number of hydrogen-bond acceptors (Lipinski definition) is 1. The third-order valence-corrected chi connectivity index (χ3v) is 4.36. The van der Waals surface area contributed by atoms with Crippen molar-refractivity contribution in [2.24, 2.45) is 0 Å². The molecular weight excluding hydrogens is 326 g/mol. The number of anilines is 2. The van der Waals surface area contributed by atoms with Gasteiger partial charge in [-0.2, -0.15) is 0 Å².